The fourth-order valence-electron chi connectivity index (χ4n) is 1.79. The Kier molecular flexibility index (Phi) is 5.92. The minimum atomic E-state index is -0.398. The van der Waals surface area contributed by atoms with Crippen molar-refractivity contribution in [1.82, 2.24) is 4.98 Å². The van der Waals surface area contributed by atoms with Crippen LogP contribution in [0.3, 0.4) is 0 Å². The Morgan fingerprint density at radius 2 is 2.18 bits per heavy atom. The Balaban J connectivity index is 1.84. The van der Waals surface area contributed by atoms with Crippen LogP contribution in [0.15, 0.2) is 34.6 Å². The number of ether oxygens (including phenoxy) is 2. The van der Waals surface area contributed by atoms with E-state index in [1.807, 2.05) is 36.6 Å². The molecule has 2 aromatic rings. The third-order valence-corrected chi connectivity index (χ3v) is 3.89. The Morgan fingerprint density at radius 1 is 1.41 bits per heavy atom. The highest BCUT2D eigenvalue weighted by atomic mass is 32.1. The molecule has 0 aliphatic carbocycles. The molecule has 0 aliphatic rings. The molecule has 22 heavy (non-hydrogen) atoms. The van der Waals surface area contributed by atoms with Crippen LogP contribution >= 0.6 is 11.3 Å². The second kappa shape index (κ2) is 8.15. The van der Waals surface area contributed by atoms with Gasteiger partial charge in [0.2, 0.25) is 0 Å². The first-order chi connectivity index (χ1) is 10.7. The summed E-state index contributed by atoms with van der Waals surface area (Å²) in [6, 6.07) is 9.66. The van der Waals surface area contributed by atoms with Crippen molar-refractivity contribution in [3.63, 3.8) is 0 Å². The number of thiazole rings is 1. The molecule has 0 fully saturated rings. The second-order valence-electron chi connectivity index (χ2n) is 4.49. The van der Waals surface area contributed by atoms with Gasteiger partial charge in [-0.2, -0.15) is 5.26 Å². The Morgan fingerprint density at radius 3 is 2.82 bits per heavy atom. The number of methoxy groups -OCH3 is 1. The van der Waals surface area contributed by atoms with Gasteiger partial charge in [-0.1, -0.05) is 12.1 Å². The average molecular weight is 315 g/mol. The molecule has 1 heterocycles. The monoisotopic (exact) mass is 315 g/mol. The van der Waals surface area contributed by atoms with E-state index in [9.17, 15) is 0 Å². The second-order valence-corrected chi connectivity index (χ2v) is 5.38. The van der Waals surface area contributed by atoms with Crippen LogP contribution in [0.4, 0.5) is 0 Å². The van der Waals surface area contributed by atoms with E-state index in [1.165, 1.54) is 11.3 Å². The third kappa shape index (κ3) is 4.30. The van der Waals surface area contributed by atoms with Gasteiger partial charge in [0.25, 0.3) is 0 Å². The van der Waals surface area contributed by atoms with Crippen LogP contribution in [0.5, 0.6) is 11.5 Å². The van der Waals surface area contributed by atoms with Gasteiger partial charge in [0, 0.05) is 17.3 Å². The molecule has 0 spiro atoms. The predicted molar refractivity (Wildman–Crippen MR) is 87.1 cm³/mol. The van der Waals surface area contributed by atoms with Crippen LogP contribution in [0, 0.1) is 18.3 Å². The van der Waals surface area contributed by atoms with Crippen LogP contribution in [0.1, 0.15) is 16.6 Å². The van der Waals surface area contributed by atoms with Crippen molar-refractivity contribution < 1.29 is 9.47 Å². The molecule has 6 heteroatoms. The Bertz CT molecular complexity index is 676. The molecule has 0 radical (unpaired) electrons. The van der Waals surface area contributed by atoms with E-state index in [0.717, 1.165) is 10.7 Å². The lowest BCUT2D eigenvalue weighted by Crippen LogP contribution is -2.04. The van der Waals surface area contributed by atoms with Gasteiger partial charge in [0.1, 0.15) is 17.5 Å². The number of aryl methyl sites for hydroxylation is 1. The highest BCUT2D eigenvalue weighted by molar-refractivity contribution is 7.09. The van der Waals surface area contributed by atoms with E-state index in [1.54, 1.807) is 13.3 Å². The van der Waals surface area contributed by atoms with Crippen LogP contribution in [0.25, 0.3) is 0 Å². The number of aromatic nitrogens is 1. The number of benzene rings is 1. The van der Waals surface area contributed by atoms with Crippen molar-refractivity contribution >= 4 is 17.6 Å². The molecule has 1 atom stereocenters. The molecular formula is C16H17N3O2S. The van der Waals surface area contributed by atoms with E-state index < -0.39 is 5.92 Å². The summed E-state index contributed by atoms with van der Waals surface area (Å²) < 4.78 is 10.8. The van der Waals surface area contributed by atoms with E-state index in [0.29, 0.717) is 24.7 Å². The molecular weight excluding hydrogens is 298 g/mol. The Labute approximate surface area is 133 Å². The summed E-state index contributed by atoms with van der Waals surface area (Å²) in [5.41, 5.74) is 0.924. The molecule has 114 valence electrons. The molecule has 1 aromatic heterocycles. The minimum absolute atomic E-state index is 0.398. The van der Waals surface area contributed by atoms with Gasteiger partial charge in [0.15, 0.2) is 11.5 Å². The number of hydrogen-bond acceptors (Lipinski definition) is 6. The summed E-state index contributed by atoms with van der Waals surface area (Å²) in [6.45, 7) is 2.80. The Hall–Kier alpha value is -2.39. The van der Waals surface area contributed by atoms with Crippen LogP contribution in [0.2, 0.25) is 0 Å². The summed E-state index contributed by atoms with van der Waals surface area (Å²) in [4.78, 5) is 8.56. The lowest BCUT2D eigenvalue weighted by molar-refractivity contribution is 0.303. The highest BCUT2D eigenvalue weighted by Gasteiger charge is 2.11. The lowest BCUT2D eigenvalue weighted by Gasteiger charge is -2.08. The summed E-state index contributed by atoms with van der Waals surface area (Å²) in [5, 5.41) is 11.9. The fourth-order valence-corrected chi connectivity index (χ4v) is 2.59. The first kappa shape index (κ1) is 16.0. The number of hydrogen-bond donors (Lipinski definition) is 0. The molecule has 0 saturated carbocycles. The molecule has 0 aliphatic heterocycles. The van der Waals surface area contributed by atoms with Gasteiger partial charge >= 0.3 is 0 Å². The quantitative estimate of drug-likeness (QED) is 0.581. The molecule has 0 unspecified atom stereocenters. The average Bonchev–Trinajstić information content (AvgIpc) is 2.97. The maximum atomic E-state index is 9.17. The molecule has 0 N–H and O–H groups in total. The number of nitriles is 1. The summed E-state index contributed by atoms with van der Waals surface area (Å²) in [7, 11) is 1.61. The van der Waals surface area contributed by atoms with Gasteiger partial charge in [-0.3, -0.25) is 4.99 Å². The summed E-state index contributed by atoms with van der Waals surface area (Å²) in [6.07, 6.45) is 1.63. The minimum Gasteiger partial charge on any atom is -0.493 e. The van der Waals surface area contributed by atoms with Gasteiger partial charge < -0.3 is 9.47 Å². The zero-order valence-electron chi connectivity index (χ0n) is 12.5. The van der Waals surface area contributed by atoms with Gasteiger partial charge in [-0.15, -0.1) is 11.3 Å². The van der Waals surface area contributed by atoms with Crippen molar-refractivity contribution in [2.45, 2.75) is 12.8 Å². The van der Waals surface area contributed by atoms with E-state index >= 15 is 0 Å². The van der Waals surface area contributed by atoms with Crippen molar-refractivity contribution in [3.8, 4) is 17.6 Å². The van der Waals surface area contributed by atoms with Crippen molar-refractivity contribution in [2.75, 3.05) is 20.3 Å². The van der Waals surface area contributed by atoms with E-state index in [4.69, 9.17) is 14.7 Å². The molecule has 2 rings (SSSR count). The topological polar surface area (TPSA) is 67.5 Å². The number of rotatable bonds is 7. The zero-order chi connectivity index (χ0) is 15.8. The lowest BCUT2D eigenvalue weighted by atomic mass is 10.2. The number of aliphatic imine (C=N–C) groups is 1. The fraction of sp³-hybridized carbons (Fsp3) is 0.312. The van der Waals surface area contributed by atoms with Crippen molar-refractivity contribution in [2.24, 2.45) is 4.99 Å². The van der Waals surface area contributed by atoms with Crippen LogP contribution < -0.4 is 9.47 Å². The van der Waals surface area contributed by atoms with Gasteiger partial charge in [-0.05, 0) is 19.1 Å². The zero-order valence-corrected chi connectivity index (χ0v) is 13.3. The largest absolute Gasteiger partial charge is 0.493 e. The highest BCUT2D eigenvalue weighted by Crippen LogP contribution is 2.25. The summed E-state index contributed by atoms with van der Waals surface area (Å²) in [5.74, 6) is 0.984. The molecule has 0 bridgehead atoms. The van der Waals surface area contributed by atoms with Crippen molar-refractivity contribution in [1.29, 1.82) is 5.26 Å². The SMILES string of the molecule is COc1ccccc1OCCN=C[C@@H](C#N)c1nc(C)cs1. The first-order valence-electron chi connectivity index (χ1n) is 6.82. The first-order valence-corrected chi connectivity index (χ1v) is 7.70. The number of nitrogens with zero attached hydrogens (tertiary/aromatic N) is 3. The molecule has 0 amide bonds. The molecule has 5 nitrogen and oxygen atoms in total. The van der Waals surface area contributed by atoms with E-state index in [2.05, 4.69) is 16.0 Å². The maximum Gasteiger partial charge on any atom is 0.161 e. The normalized spacial score (nSPS) is 12.0. The molecule has 1 aromatic carbocycles. The standard InChI is InChI=1S/C16H17N3O2S/c1-12-11-22-16(19-12)13(9-17)10-18-7-8-21-15-6-4-3-5-14(15)20-2/h3-6,10-11,13H,7-8H2,1-2H3/t13-/m1/s1. The van der Waals surface area contributed by atoms with Crippen LogP contribution in [-0.4, -0.2) is 31.5 Å². The number of para-hydroxylation sites is 2. The summed E-state index contributed by atoms with van der Waals surface area (Å²) >= 11 is 1.48. The molecule has 0 saturated heterocycles. The smallest absolute Gasteiger partial charge is 0.161 e. The van der Waals surface area contributed by atoms with Crippen molar-refractivity contribution in [3.05, 3.63) is 40.3 Å². The van der Waals surface area contributed by atoms with Gasteiger partial charge in [0.05, 0.1) is 19.7 Å². The third-order valence-electron chi connectivity index (χ3n) is 2.84. The maximum absolute atomic E-state index is 9.17. The van der Waals surface area contributed by atoms with Crippen LogP contribution in [-0.2, 0) is 0 Å². The predicted octanol–water partition coefficient (Wildman–Crippen LogP) is 3.22. The van der Waals surface area contributed by atoms with Gasteiger partial charge in [-0.25, -0.2) is 4.98 Å². The van der Waals surface area contributed by atoms with E-state index in [-0.39, 0.29) is 0 Å².